The number of hydrogen-bond donors (Lipinski definition) is 0. The second kappa shape index (κ2) is 2.32. The van der Waals surface area contributed by atoms with Crippen molar-refractivity contribution in [1.82, 2.24) is 0 Å². The molecule has 0 bridgehead atoms. The van der Waals surface area contributed by atoms with Gasteiger partial charge in [-0.2, -0.15) is 5.26 Å². The van der Waals surface area contributed by atoms with Gasteiger partial charge in [-0.15, -0.1) is 0 Å². The van der Waals surface area contributed by atoms with Crippen molar-refractivity contribution >= 4 is 15.9 Å². The normalized spacial score (nSPS) is 26.0. The van der Waals surface area contributed by atoms with E-state index in [-0.39, 0.29) is 0 Å². The van der Waals surface area contributed by atoms with Gasteiger partial charge in [0.05, 0.1) is 12.0 Å². The molecule has 0 aliphatic heterocycles. The molecule has 0 unspecified atom stereocenters. The van der Waals surface area contributed by atoms with Crippen LogP contribution in [0.5, 0.6) is 0 Å². The smallest absolute Gasteiger partial charge is 0.0662 e. The molecule has 8 heavy (non-hydrogen) atoms. The molecule has 0 N–H and O–H groups in total. The maximum absolute atomic E-state index is 8.31. The SMILES string of the molecule is N#CC1CC(=CBr)C1. The van der Waals surface area contributed by atoms with Crippen LogP contribution in [0.25, 0.3) is 0 Å². The summed E-state index contributed by atoms with van der Waals surface area (Å²) in [5.41, 5.74) is 1.36. The molecule has 42 valence electrons. The van der Waals surface area contributed by atoms with Crippen LogP contribution in [-0.2, 0) is 0 Å². The molecule has 0 amide bonds. The van der Waals surface area contributed by atoms with E-state index in [2.05, 4.69) is 22.0 Å². The summed E-state index contributed by atoms with van der Waals surface area (Å²) in [5, 5.41) is 8.31. The van der Waals surface area contributed by atoms with Crippen molar-refractivity contribution in [2.45, 2.75) is 12.8 Å². The van der Waals surface area contributed by atoms with Crippen molar-refractivity contribution in [2.75, 3.05) is 0 Å². The number of nitrogens with zero attached hydrogens (tertiary/aromatic N) is 1. The van der Waals surface area contributed by atoms with Crippen LogP contribution >= 0.6 is 15.9 Å². The molecule has 0 saturated heterocycles. The first-order valence-electron chi connectivity index (χ1n) is 2.54. The van der Waals surface area contributed by atoms with Crippen LogP contribution < -0.4 is 0 Å². The third-order valence-electron chi connectivity index (χ3n) is 1.35. The van der Waals surface area contributed by atoms with E-state index in [4.69, 9.17) is 5.26 Å². The van der Waals surface area contributed by atoms with E-state index in [1.807, 2.05) is 4.99 Å². The van der Waals surface area contributed by atoms with Crippen LogP contribution in [0.3, 0.4) is 0 Å². The Morgan fingerprint density at radius 3 is 2.75 bits per heavy atom. The third-order valence-corrected chi connectivity index (χ3v) is 2.00. The molecular formula is C6H6BrN. The minimum absolute atomic E-state index is 0.304. The van der Waals surface area contributed by atoms with Crippen LogP contribution in [0.15, 0.2) is 10.6 Å². The van der Waals surface area contributed by atoms with E-state index in [1.165, 1.54) is 5.57 Å². The lowest BCUT2D eigenvalue weighted by Crippen LogP contribution is -2.11. The molecule has 0 radical (unpaired) electrons. The highest BCUT2D eigenvalue weighted by molar-refractivity contribution is 9.11. The van der Waals surface area contributed by atoms with Crippen LogP contribution in [0.2, 0.25) is 0 Å². The number of nitriles is 1. The zero-order chi connectivity index (χ0) is 5.98. The maximum Gasteiger partial charge on any atom is 0.0662 e. The lowest BCUT2D eigenvalue weighted by Gasteiger charge is -2.21. The van der Waals surface area contributed by atoms with Gasteiger partial charge in [0.2, 0.25) is 0 Å². The second-order valence-corrected chi connectivity index (χ2v) is 2.46. The molecule has 0 aromatic carbocycles. The molecule has 0 spiro atoms. The standard InChI is InChI=1S/C6H6BrN/c7-3-5-1-6(2-5)4-8/h3,6H,1-2H2. The number of halogens is 1. The van der Waals surface area contributed by atoms with Gasteiger partial charge in [0, 0.05) is 0 Å². The Balaban J connectivity index is 2.35. The molecule has 0 aromatic rings. The van der Waals surface area contributed by atoms with Gasteiger partial charge < -0.3 is 0 Å². The number of hydrogen-bond acceptors (Lipinski definition) is 1. The number of allylic oxidation sites excluding steroid dienone is 1. The minimum Gasteiger partial charge on any atom is -0.198 e. The predicted octanol–water partition coefficient (Wildman–Crippen LogP) is 2.20. The highest BCUT2D eigenvalue weighted by atomic mass is 79.9. The first-order valence-corrected chi connectivity index (χ1v) is 3.46. The van der Waals surface area contributed by atoms with Gasteiger partial charge in [-0.05, 0) is 17.8 Å². The van der Waals surface area contributed by atoms with E-state index < -0.39 is 0 Å². The van der Waals surface area contributed by atoms with Gasteiger partial charge in [-0.3, -0.25) is 0 Å². The summed E-state index contributed by atoms with van der Waals surface area (Å²) in [6, 6.07) is 2.20. The minimum atomic E-state index is 0.304. The third kappa shape index (κ3) is 0.924. The van der Waals surface area contributed by atoms with Crippen LogP contribution in [-0.4, -0.2) is 0 Å². The van der Waals surface area contributed by atoms with Gasteiger partial charge in [-0.25, -0.2) is 0 Å². The molecule has 1 nitrogen and oxygen atoms in total. The van der Waals surface area contributed by atoms with Crippen molar-refractivity contribution in [3.05, 3.63) is 10.6 Å². The fourth-order valence-corrected chi connectivity index (χ4v) is 1.13. The second-order valence-electron chi connectivity index (χ2n) is 2.00. The lowest BCUT2D eigenvalue weighted by atomic mass is 9.82. The van der Waals surface area contributed by atoms with E-state index in [1.54, 1.807) is 0 Å². The molecule has 1 rings (SSSR count). The van der Waals surface area contributed by atoms with Crippen LogP contribution in [0.1, 0.15) is 12.8 Å². The molecule has 1 aliphatic rings. The van der Waals surface area contributed by atoms with Crippen LogP contribution in [0, 0.1) is 17.2 Å². The molecular weight excluding hydrogens is 166 g/mol. The highest BCUT2D eigenvalue weighted by Crippen LogP contribution is 2.32. The Hall–Kier alpha value is -0.290. The van der Waals surface area contributed by atoms with Crippen molar-refractivity contribution < 1.29 is 0 Å². The van der Waals surface area contributed by atoms with E-state index >= 15 is 0 Å². The highest BCUT2D eigenvalue weighted by Gasteiger charge is 2.21. The maximum atomic E-state index is 8.31. The summed E-state index contributed by atoms with van der Waals surface area (Å²) in [5.74, 6) is 0.304. The van der Waals surface area contributed by atoms with Crippen LogP contribution in [0.4, 0.5) is 0 Å². The Morgan fingerprint density at radius 2 is 2.38 bits per heavy atom. The topological polar surface area (TPSA) is 23.8 Å². The van der Waals surface area contributed by atoms with Gasteiger partial charge in [0.25, 0.3) is 0 Å². The largest absolute Gasteiger partial charge is 0.198 e. The molecule has 1 saturated carbocycles. The van der Waals surface area contributed by atoms with E-state index in [0.29, 0.717) is 5.92 Å². The Kier molecular flexibility index (Phi) is 1.69. The quantitative estimate of drug-likeness (QED) is 0.549. The fraction of sp³-hybridized carbons (Fsp3) is 0.500. The van der Waals surface area contributed by atoms with E-state index in [0.717, 1.165) is 12.8 Å². The Bertz CT molecular complexity index is 146. The molecule has 1 aliphatic carbocycles. The molecule has 0 heterocycles. The van der Waals surface area contributed by atoms with Crippen molar-refractivity contribution in [2.24, 2.45) is 5.92 Å². The number of rotatable bonds is 0. The molecule has 0 atom stereocenters. The Labute approximate surface area is 57.1 Å². The molecule has 1 fully saturated rings. The summed E-state index contributed by atoms with van der Waals surface area (Å²) in [4.78, 5) is 1.92. The first kappa shape index (κ1) is 5.84. The summed E-state index contributed by atoms with van der Waals surface area (Å²) < 4.78 is 0. The zero-order valence-electron chi connectivity index (χ0n) is 4.39. The molecule has 2 heteroatoms. The summed E-state index contributed by atoms with van der Waals surface area (Å²) in [6.07, 6.45) is 1.95. The first-order chi connectivity index (χ1) is 3.86. The fourth-order valence-electron chi connectivity index (χ4n) is 0.754. The lowest BCUT2D eigenvalue weighted by molar-refractivity contribution is 0.528. The van der Waals surface area contributed by atoms with Gasteiger partial charge >= 0.3 is 0 Å². The summed E-state index contributed by atoms with van der Waals surface area (Å²) in [7, 11) is 0. The average Bonchev–Trinajstić information content (AvgIpc) is 1.65. The predicted molar refractivity (Wildman–Crippen MR) is 35.3 cm³/mol. The molecule has 0 aromatic heterocycles. The van der Waals surface area contributed by atoms with Crippen molar-refractivity contribution in [3.8, 4) is 6.07 Å². The van der Waals surface area contributed by atoms with Crippen molar-refractivity contribution in [3.63, 3.8) is 0 Å². The summed E-state index contributed by atoms with van der Waals surface area (Å²) in [6.45, 7) is 0. The van der Waals surface area contributed by atoms with Gasteiger partial charge in [0.1, 0.15) is 0 Å². The van der Waals surface area contributed by atoms with Crippen molar-refractivity contribution in [1.29, 1.82) is 5.26 Å². The summed E-state index contributed by atoms with van der Waals surface area (Å²) >= 11 is 3.21. The van der Waals surface area contributed by atoms with Gasteiger partial charge in [0.15, 0.2) is 0 Å². The van der Waals surface area contributed by atoms with E-state index in [9.17, 15) is 0 Å². The monoisotopic (exact) mass is 171 g/mol. The average molecular weight is 172 g/mol. The van der Waals surface area contributed by atoms with Gasteiger partial charge in [-0.1, -0.05) is 21.5 Å². The Morgan fingerprint density at radius 1 is 1.75 bits per heavy atom. The zero-order valence-corrected chi connectivity index (χ0v) is 5.98.